The smallest absolute Gasteiger partial charge is 0.325 e. The summed E-state index contributed by atoms with van der Waals surface area (Å²) in [6.45, 7) is 5.38. The number of nitrogens with zero attached hydrogens (tertiary/aromatic N) is 3. The lowest BCUT2D eigenvalue weighted by Crippen LogP contribution is -2.38. The number of fused-ring (bicyclic) bond motifs is 1. The molecule has 2 aromatic heterocycles. The molecular weight excluding hydrogens is 260 g/mol. The monoisotopic (exact) mass is 276 g/mol. The molecule has 106 valence electrons. The van der Waals surface area contributed by atoms with Crippen molar-refractivity contribution in [3.8, 4) is 0 Å². The van der Waals surface area contributed by atoms with Gasteiger partial charge in [0.1, 0.15) is 6.04 Å². The number of aromatic nitrogens is 3. The van der Waals surface area contributed by atoms with Crippen LogP contribution in [-0.2, 0) is 4.79 Å². The summed E-state index contributed by atoms with van der Waals surface area (Å²) in [7, 11) is 0. The molecule has 0 aliphatic heterocycles. The molecule has 0 saturated heterocycles. The molecular formula is C13H16N4O3. The van der Waals surface area contributed by atoms with Crippen LogP contribution in [0.15, 0.2) is 18.5 Å². The van der Waals surface area contributed by atoms with E-state index < -0.39 is 17.9 Å². The van der Waals surface area contributed by atoms with Gasteiger partial charge in [-0.1, -0.05) is 0 Å². The minimum atomic E-state index is -1.08. The first-order chi connectivity index (χ1) is 9.40. The van der Waals surface area contributed by atoms with Gasteiger partial charge in [-0.3, -0.25) is 9.59 Å². The Bertz CT molecular complexity index is 663. The van der Waals surface area contributed by atoms with Crippen LogP contribution in [0.2, 0.25) is 0 Å². The Morgan fingerprint density at radius 1 is 1.30 bits per heavy atom. The SMILES string of the molecule is CC(C)n1ncc2cc(C(=O)N[C@@H](C)C(=O)O)cnc21. The standard InChI is InChI=1S/C13H16N4O3/c1-7(2)17-11-9(6-15-17)4-10(5-14-11)12(18)16-8(3)13(19)20/h4-8H,1-3H3,(H,16,18)(H,19,20)/t8-/m0/s1. The van der Waals surface area contributed by atoms with E-state index in [0.29, 0.717) is 11.2 Å². The predicted octanol–water partition coefficient (Wildman–Crippen LogP) is 1.22. The van der Waals surface area contributed by atoms with Crippen LogP contribution in [-0.4, -0.2) is 37.8 Å². The molecule has 20 heavy (non-hydrogen) atoms. The first kappa shape index (κ1) is 14.0. The third-order valence-electron chi connectivity index (χ3n) is 2.90. The number of carbonyl (C=O) groups excluding carboxylic acids is 1. The molecule has 1 amide bonds. The summed E-state index contributed by atoms with van der Waals surface area (Å²) in [5.41, 5.74) is 1.01. The number of carboxylic acid groups (broad SMARTS) is 1. The van der Waals surface area contributed by atoms with Crippen molar-refractivity contribution in [1.29, 1.82) is 0 Å². The first-order valence-corrected chi connectivity index (χ1v) is 6.27. The van der Waals surface area contributed by atoms with Gasteiger partial charge < -0.3 is 10.4 Å². The van der Waals surface area contributed by atoms with Crippen LogP contribution in [0.25, 0.3) is 11.0 Å². The Morgan fingerprint density at radius 3 is 2.60 bits per heavy atom. The van der Waals surface area contributed by atoms with Crippen molar-refractivity contribution in [3.05, 3.63) is 24.0 Å². The number of aliphatic carboxylic acids is 1. The van der Waals surface area contributed by atoms with Gasteiger partial charge in [0, 0.05) is 17.6 Å². The summed E-state index contributed by atoms with van der Waals surface area (Å²) in [5.74, 6) is -1.55. The molecule has 0 aliphatic carbocycles. The highest BCUT2D eigenvalue weighted by Gasteiger charge is 2.16. The molecule has 0 aromatic carbocycles. The van der Waals surface area contributed by atoms with Crippen molar-refractivity contribution >= 4 is 22.9 Å². The summed E-state index contributed by atoms with van der Waals surface area (Å²) in [5, 5.41) is 16.1. The Labute approximate surface area is 115 Å². The summed E-state index contributed by atoms with van der Waals surface area (Å²) >= 11 is 0. The number of pyridine rings is 1. The van der Waals surface area contributed by atoms with Crippen LogP contribution in [0.3, 0.4) is 0 Å². The lowest BCUT2D eigenvalue weighted by molar-refractivity contribution is -0.138. The normalized spacial score (nSPS) is 12.6. The lowest BCUT2D eigenvalue weighted by Gasteiger charge is -2.09. The number of hydrogen-bond acceptors (Lipinski definition) is 4. The highest BCUT2D eigenvalue weighted by atomic mass is 16.4. The van der Waals surface area contributed by atoms with Crippen molar-refractivity contribution in [2.24, 2.45) is 0 Å². The van der Waals surface area contributed by atoms with E-state index in [-0.39, 0.29) is 6.04 Å². The van der Waals surface area contributed by atoms with Crippen molar-refractivity contribution in [2.75, 3.05) is 0 Å². The van der Waals surface area contributed by atoms with E-state index in [0.717, 1.165) is 5.39 Å². The number of rotatable bonds is 4. The third kappa shape index (κ3) is 2.61. The highest BCUT2D eigenvalue weighted by molar-refractivity contribution is 5.98. The van der Waals surface area contributed by atoms with E-state index >= 15 is 0 Å². The van der Waals surface area contributed by atoms with E-state index in [2.05, 4.69) is 15.4 Å². The average Bonchev–Trinajstić information content (AvgIpc) is 2.81. The molecule has 2 aromatic rings. The van der Waals surface area contributed by atoms with Crippen LogP contribution >= 0.6 is 0 Å². The molecule has 2 rings (SSSR count). The Hall–Kier alpha value is -2.44. The number of hydrogen-bond donors (Lipinski definition) is 2. The van der Waals surface area contributed by atoms with Crippen LogP contribution < -0.4 is 5.32 Å². The first-order valence-electron chi connectivity index (χ1n) is 6.27. The van der Waals surface area contributed by atoms with Gasteiger partial charge in [0.2, 0.25) is 0 Å². The molecule has 0 aliphatic rings. The summed E-state index contributed by atoms with van der Waals surface area (Å²) < 4.78 is 1.76. The molecule has 0 fully saturated rings. The van der Waals surface area contributed by atoms with Gasteiger partial charge in [0.15, 0.2) is 5.65 Å². The number of amides is 1. The van der Waals surface area contributed by atoms with Crippen molar-refractivity contribution < 1.29 is 14.7 Å². The van der Waals surface area contributed by atoms with Gasteiger partial charge in [-0.2, -0.15) is 5.10 Å². The van der Waals surface area contributed by atoms with E-state index in [1.807, 2.05) is 13.8 Å². The quantitative estimate of drug-likeness (QED) is 0.875. The second kappa shape index (κ2) is 5.28. The Balaban J connectivity index is 2.28. The minimum absolute atomic E-state index is 0.173. The van der Waals surface area contributed by atoms with Gasteiger partial charge in [-0.05, 0) is 26.8 Å². The fourth-order valence-corrected chi connectivity index (χ4v) is 1.78. The zero-order valence-corrected chi connectivity index (χ0v) is 11.5. The van der Waals surface area contributed by atoms with Crippen LogP contribution in [0.5, 0.6) is 0 Å². The molecule has 1 atom stereocenters. The molecule has 0 unspecified atom stereocenters. The minimum Gasteiger partial charge on any atom is -0.480 e. The van der Waals surface area contributed by atoms with Gasteiger partial charge in [0.05, 0.1) is 11.8 Å². The maximum absolute atomic E-state index is 11.9. The van der Waals surface area contributed by atoms with Gasteiger partial charge in [-0.25, -0.2) is 9.67 Å². The van der Waals surface area contributed by atoms with Crippen LogP contribution in [0.4, 0.5) is 0 Å². The van der Waals surface area contributed by atoms with Crippen molar-refractivity contribution in [2.45, 2.75) is 32.9 Å². The lowest BCUT2D eigenvalue weighted by atomic mass is 10.2. The van der Waals surface area contributed by atoms with E-state index in [4.69, 9.17) is 5.11 Å². The zero-order chi connectivity index (χ0) is 14.9. The van der Waals surface area contributed by atoms with E-state index in [1.54, 1.807) is 16.9 Å². The topological polar surface area (TPSA) is 97.1 Å². The van der Waals surface area contributed by atoms with Gasteiger partial charge in [0.25, 0.3) is 5.91 Å². The fourth-order valence-electron chi connectivity index (χ4n) is 1.78. The summed E-state index contributed by atoms with van der Waals surface area (Å²) in [6, 6.07) is 0.876. The van der Waals surface area contributed by atoms with Crippen LogP contribution in [0.1, 0.15) is 37.2 Å². The molecule has 2 heterocycles. The molecule has 0 spiro atoms. The summed E-state index contributed by atoms with van der Waals surface area (Å²) in [6.07, 6.45) is 3.06. The van der Waals surface area contributed by atoms with E-state index in [1.165, 1.54) is 13.1 Å². The molecule has 7 nitrogen and oxygen atoms in total. The van der Waals surface area contributed by atoms with E-state index in [9.17, 15) is 9.59 Å². The second-order valence-corrected chi connectivity index (χ2v) is 4.85. The maximum Gasteiger partial charge on any atom is 0.325 e. The average molecular weight is 276 g/mol. The van der Waals surface area contributed by atoms with Crippen LogP contribution in [0, 0.1) is 0 Å². The fraction of sp³-hybridized carbons (Fsp3) is 0.385. The number of carbonyl (C=O) groups is 2. The Kier molecular flexibility index (Phi) is 3.69. The number of carboxylic acids is 1. The molecule has 0 radical (unpaired) electrons. The molecule has 0 bridgehead atoms. The van der Waals surface area contributed by atoms with Crippen molar-refractivity contribution in [1.82, 2.24) is 20.1 Å². The summed E-state index contributed by atoms with van der Waals surface area (Å²) in [4.78, 5) is 26.8. The van der Waals surface area contributed by atoms with Crippen molar-refractivity contribution in [3.63, 3.8) is 0 Å². The molecule has 2 N–H and O–H groups in total. The van der Waals surface area contributed by atoms with Gasteiger partial charge in [-0.15, -0.1) is 0 Å². The molecule has 0 saturated carbocycles. The second-order valence-electron chi connectivity index (χ2n) is 4.85. The zero-order valence-electron chi connectivity index (χ0n) is 11.5. The third-order valence-corrected chi connectivity index (χ3v) is 2.90. The highest BCUT2D eigenvalue weighted by Crippen LogP contribution is 2.16. The maximum atomic E-state index is 11.9. The number of nitrogens with one attached hydrogen (secondary N) is 1. The van der Waals surface area contributed by atoms with Gasteiger partial charge >= 0.3 is 5.97 Å². The Morgan fingerprint density at radius 2 is 2.00 bits per heavy atom. The molecule has 7 heteroatoms. The largest absolute Gasteiger partial charge is 0.480 e. The predicted molar refractivity (Wildman–Crippen MR) is 72.5 cm³/mol.